The van der Waals surface area contributed by atoms with Gasteiger partial charge in [-0.1, -0.05) is 17.4 Å². The van der Waals surface area contributed by atoms with Crippen molar-refractivity contribution in [3.63, 3.8) is 0 Å². The molecule has 2 N–H and O–H groups in total. The van der Waals surface area contributed by atoms with Gasteiger partial charge in [0.05, 0.1) is 16.8 Å². The second-order valence-electron chi connectivity index (χ2n) is 8.74. The highest BCUT2D eigenvalue weighted by Gasteiger charge is 2.34. The highest BCUT2D eigenvalue weighted by molar-refractivity contribution is 7.91. The molecule has 4 rings (SSSR count). The van der Waals surface area contributed by atoms with E-state index >= 15 is 0 Å². The first-order chi connectivity index (χ1) is 17.4. The van der Waals surface area contributed by atoms with Crippen LogP contribution in [0.1, 0.15) is 25.1 Å². The van der Waals surface area contributed by atoms with Crippen LogP contribution in [0.15, 0.2) is 28.7 Å². The lowest BCUT2D eigenvalue weighted by molar-refractivity contribution is -0.136. The summed E-state index contributed by atoms with van der Waals surface area (Å²) in [4.78, 5) is 25.5. The number of hydrogen-bond donors (Lipinski definition) is 2. The number of aryl methyl sites for hydroxylation is 1. The third kappa shape index (κ3) is 6.00. The molecule has 2 aromatic heterocycles. The van der Waals surface area contributed by atoms with Crippen LogP contribution in [0.3, 0.4) is 0 Å². The molecule has 1 saturated heterocycles. The molecule has 3 heterocycles. The highest BCUT2D eigenvalue weighted by atomic mass is 32.2. The van der Waals surface area contributed by atoms with Gasteiger partial charge < -0.3 is 10.6 Å². The van der Waals surface area contributed by atoms with E-state index in [0.717, 1.165) is 23.7 Å². The minimum atomic E-state index is -4.53. The summed E-state index contributed by atoms with van der Waals surface area (Å²) < 4.78 is 67.9. The first-order valence-electron chi connectivity index (χ1n) is 11.4. The molecule has 1 aliphatic heterocycles. The lowest BCUT2D eigenvalue weighted by Crippen LogP contribution is -2.50. The number of benzene rings is 1. The third-order valence-electron chi connectivity index (χ3n) is 5.83. The second-order valence-corrected chi connectivity index (χ2v) is 11.9. The first kappa shape index (κ1) is 27.2. The van der Waals surface area contributed by atoms with Crippen LogP contribution >= 0.6 is 11.3 Å². The van der Waals surface area contributed by atoms with Crippen LogP contribution in [0.25, 0.3) is 10.9 Å². The molecule has 1 aromatic carbocycles. The summed E-state index contributed by atoms with van der Waals surface area (Å²) in [5.74, 6) is -0.0229. The largest absolute Gasteiger partial charge is 0.418 e. The average molecular weight is 558 g/mol. The molecule has 0 unspecified atom stereocenters. The van der Waals surface area contributed by atoms with Crippen LogP contribution in [-0.4, -0.2) is 77.2 Å². The van der Waals surface area contributed by atoms with Crippen molar-refractivity contribution in [2.75, 3.05) is 43.4 Å². The quantitative estimate of drug-likeness (QED) is 0.455. The zero-order valence-electron chi connectivity index (χ0n) is 20.3. The number of sulfonamides is 1. The molecule has 0 aliphatic carbocycles. The summed E-state index contributed by atoms with van der Waals surface area (Å²) in [6.45, 7) is 6.83. The Bertz CT molecular complexity index is 1400. The molecule has 0 spiro atoms. The number of rotatable bonds is 7. The summed E-state index contributed by atoms with van der Waals surface area (Å²) in [5, 5.41) is 6.20. The smallest absolute Gasteiger partial charge is 0.366 e. The van der Waals surface area contributed by atoms with Gasteiger partial charge in [-0.25, -0.2) is 23.4 Å². The van der Waals surface area contributed by atoms with E-state index in [0.29, 0.717) is 31.1 Å². The maximum absolute atomic E-state index is 13.4. The van der Waals surface area contributed by atoms with Crippen molar-refractivity contribution in [3.8, 4) is 0 Å². The molecule has 1 atom stereocenters. The number of thiazole rings is 1. The van der Waals surface area contributed by atoms with Crippen LogP contribution < -0.4 is 10.6 Å². The van der Waals surface area contributed by atoms with Crippen LogP contribution in [0.4, 0.5) is 24.1 Å². The number of amides is 1. The zero-order chi connectivity index (χ0) is 27.0. The molecule has 10 nitrogen and oxygen atoms in total. The Balaban J connectivity index is 1.39. The fraction of sp³-hybridized carbons (Fsp3) is 0.455. The van der Waals surface area contributed by atoms with E-state index in [-0.39, 0.29) is 45.3 Å². The van der Waals surface area contributed by atoms with Gasteiger partial charge in [0.15, 0.2) is 9.34 Å². The number of alkyl halides is 3. The predicted molar refractivity (Wildman–Crippen MR) is 134 cm³/mol. The van der Waals surface area contributed by atoms with Gasteiger partial charge in [0.25, 0.3) is 10.0 Å². The molecule has 1 amide bonds. The maximum Gasteiger partial charge on any atom is 0.418 e. The van der Waals surface area contributed by atoms with Crippen LogP contribution in [0, 0.1) is 6.92 Å². The standard InChI is InChI=1S/C22H26F3N7O3S2/c1-13(28-19-16-5-4-6-17(22(23,24)25)18(16)26-12-27-19)11-31-7-9-32(10-8-31)37(34,35)20-14(2)29-21(36-20)30-15(3)33/h4-6,12-13H,7-11H2,1-3H3,(H,26,27,28)(H,29,30,33)/t13-/m0/s1. The summed E-state index contributed by atoms with van der Waals surface area (Å²) in [7, 11) is -3.76. The Labute approximate surface area is 216 Å². The number of fused-ring (bicyclic) bond motifs is 1. The van der Waals surface area contributed by atoms with E-state index < -0.39 is 21.8 Å². The molecule has 0 bridgehead atoms. The molecule has 15 heteroatoms. The normalized spacial score (nSPS) is 16.6. The zero-order valence-corrected chi connectivity index (χ0v) is 22.0. The number of carbonyl (C=O) groups is 1. The number of carbonyl (C=O) groups excluding carboxylic acids is 1. The Morgan fingerprint density at radius 1 is 1.19 bits per heavy atom. The fourth-order valence-electron chi connectivity index (χ4n) is 4.19. The van der Waals surface area contributed by atoms with Crippen molar-refractivity contribution in [3.05, 3.63) is 35.8 Å². The molecule has 0 saturated carbocycles. The van der Waals surface area contributed by atoms with Gasteiger partial charge in [-0.2, -0.15) is 17.5 Å². The number of para-hydroxylation sites is 1. The van der Waals surface area contributed by atoms with Gasteiger partial charge in [0.1, 0.15) is 12.1 Å². The predicted octanol–water partition coefficient (Wildman–Crippen LogP) is 3.18. The monoisotopic (exact) mass is 557 g/mol. The number of piperazine rings is 1. The van der Waals surface area contributed by atoms with Gasteiger partial charge in [-0.3, -0.25) is 9.69 Å². The second kappa shape index (κ2) is 10.5. The number of hydrogen-bond acceptors (Lipinski definition) is 9. The van der Waals surface area contributed by atoms with Crippen LogP contribution in [-0.2, 0) is 21.0 Å². The third-order valence-corrected chi connectivity index (χ3v) is 9.39. The molecular formula is C22H26F3N7O3S2. The lowest BCUT2D eigenvalue weighted by atomic mass is 10.1. The summed E-state index contributed by atoms with van der Waals surface area (Å²) in [6, 6.07) is 3.68. The molecule has 1 fully saturated rings. The SMILES string of the molecule is CC(=O)Nc1nc(C)c(S(=O)(=O)N2CCN(C[C@H](C)Nc3ncnc4c(C(F)(F)F)cccc34)CC2)s1. The molecule has 1 aliphatic rings. The van der Waals surface area contributed by atoms with Crippen molar-refractivity contribution < 1.29 is 26.4 Å². The Kier molecular flexibility index (Phi) is 7.69. The minimum absolute atomic E-state index is 0.105. The number of halogens is 3. The van der Waals surface area contributed by atoms with Crippen LogP contribution in [0.5, 0.6) is 0 Å². The Morgan fingerprint density at radius 3 is 2.54 bits per heavy atom. The molecule has 0 radical (unpaired) electrons. The van der Waals surface area contributed by atoms with E-state index in [2.05, 4.69) is 30.5 Å². The van der Waals surface area contributed by atoms with E-state index in [1.165, 1.54) is 17.3 Å². The molecule has 37 heavy (non-hydrogen) atoms. The number of nitrogens with zero attached hydrogens (tertiary/aromatic N) is 5. The lowest BCUT2D eigenvalue weighted by Gasteiger charge is -2.35. The van der Waals surface area contributed by atoms with Crippen molar-refractivity contribution in [2.45, 2.75) is 37.2 Å². The van der Waals surface area contributed by atoms with E-state index in [1.807, 2.05) is 6.92 Å². The number of nitrogens with one attached hydrogen (secondary N) is 2. The van der Waals surface area contributed by atoms with E-state index in [9.17, 15) is 26.4 Å². The highest BCUT2D eigenvalue weighted by Crippen LogP contribution is 2.35. The minimum Gasteiger partial charge on any atom is -0.366 e. The van der Waals surface area contributed by atoms with Crippen molar-refractivity contribution >= 4 is 49.1 Å². The molecular weight excluding hydrogens is 531 g/mol. The summed E-state index contributed by atoms with van der Waals surface area (Å²) >= 11 is 0.926. The van der Waals surface area contributed by atoms with Gasteiger partial charge in [-0.05, 0) is 26.0 Å². The van der Waals surface area contributed by atoms with Gasteiger partial charge >= 0.3 is 6.18 Å². The van der Waals surface area contributed by atoms with Crippen molar-refractivity contribution in [1.82, 2.24) is 24.2 Å². The fourth-order valence-corrected chi connectivity index (χ4v) is 7.21. The Morgan fingerprint density at radius 2 is 1.89 bits per heavy atom. The topological polar surface area (TPSA) is 120 Å². The molecule has 200 valence electrons. The van der Waals surface area contributed by atoms with Crippen molar-refractivity contribution in [2.24, 2.45) is 0 Å². The average Bonchev–Trinajstić information content (AvgIpc) is 3.18. The van der Waals surface area contributed by atoms with Gasteiger partial charge in [-0.15, -0.1) is 0 Å². The number of anilines is 2. The van der Waals surface area contributed by atoms with E-state index in [1.54, 1.807) is 13.0 Å². The Hall–Kier alpha value is -2.88. The van der Waals surface area contributed by atoms with Gasteiger partial charge in [0.2, 0.25) is 5.91 Å². The summed E-state index contributed by atoms with van der Waals surface area (Å²) in [6.07, 6.45) is -3.42. The van der Waals surface area contributed by atoms with Crippen LogP contribution in [0.2, 0.25) is 0 Å². The summed E-state index contributed by atoms with van der Waals surface area (Å²) in [5.41, 5.74) is -0.654. The van der Waals surface area contributed by atoms with Crippen molar-refractivity contribution in [1.29, 1.82) is 0 Å². The van der Waals surface area contributed by atoms with E-state index in [4.69, 9.17) is 0 Å². The maximum atomic E-state index is 13.4. The number of aromatic nitrogens is 3. The van der Waals surface area contributed by atoms with Gasteiger partial charge in [0, 0.05) is 51.1 Å². The molecule has 3 aromatic rings. The first-order valence-corrected chi connectivity index (χ1v) is 13.7.